The molecule has 2 saturated heterocycles. The van der Waals surface area contributed by atoms with E-state index >= 15 is 0 Å². The van der Waals surface area contributed by atoms with Crippen LogP contribution in [0.3, 0.4) is 0 Å². The number of hydrogen-bond acceptors (Lipinski definition) is 5. The number of ether oxygens (including phenoxy) is 1. The lowest BCUT2D eigenvalue weighted by atomic mass is 9.75. The van der Waals surface area contributed by atoms with Gasteiger partial charge in [-0.1, -0.05) is 56.3 Å². The number of benzene rings is 1. The van der Waals surface area contributed by atoms with Crippen molar-refractivity contribution in [3.63, 3.8) is 0 Å². The van der Waals surface area contributed by atoms with Gasteiger partial charge in [-0.15, -0.1) is 0 Å². The van der Waals surface area contributed by atoms with Gasteiger partial charge in [-0.2, -0.15) is 0 Å². The SMILES string of the molecule is CC(C)[C@@H](N)C(=O)N1CC[C@@H]2NC(=O)[C@H](Cc3ccccc3)NC(=O)C3(C/C=C/C[C@H]2C1)CCOCC3. The number of rotatable bonds is 4. The fourth-order valence-corrected chi connectivity index (χ4v) is 5.68. The highest BCUT2D eigenvalue weighted by molar-refractivity contribution is 5.90. The zero-order valence-electron chi connectivity index (χ0n) is 22.2. The first kappa shape index (κ1) is 27.3. The Kier molecular flexibility index (Phi) is 9.03. The number of fused-ring (bicyclic) bond motifs is 1. The molecule has 2 fully saturated rings. The number of nitrogens with one attached hydrogen (secondary N) is 2. The molecule has 8 nitrogen and oxygen atoms in total. The minimum Gasteiger partial charge on any atom is -0.381 e. The van der Waals surface area contributed by atoms with Gasteiger partial charge in [-0.05, 0) is 43.6 Å². The van der Waals surface area contributed by atoms with E-state index in [1.807, 2.05) is 49.1 Å². The number of nitrogens with two attached hydrogens (primary N) is 1. The molecule has 1 spiro atoms. The van der Waals surface area contributed by atoms with Crippen molar-refractivity contribution in [3.8, 4) is 0 Å². The van der Waals surface area contributed by atoms with Crippen LogP contribution < -0.4 is 16.4 Å². The van der Waals surface area contributed by atoms with E-state index in [0.717, 1.165) is 12.0 Å². The minimum absolute atomic E-state index is 0.0229. The summed E-state index contributed by atoms with van der Waals surface area (Å²) in [4.78, 5) is 42.1. The average molecular weight is 511 g/mol. The second-order valence-electron chi connectivity index (χ2n) is 11.2. The summed E-state index contributed by atoms with van der Waals surface area (Å²) in [5.74, 6) is -0.117. The lowest BCUT2D eigenvalue weighted by Crippen LogP contribution is -2.59. The zero-order valence-corrected chi connectivity index (χ0v) is 22.2. The largest absolute Gasteiger partial charge is 0.381 e. The highest BCUT2D eigenvalue weighted by Gasteiger charge is 2.42. The summed E-state index contributed by atoms with van der Waals surface area (Å²) >= 11 is 0. The van der Waals surface area contributed by atoms with Gasteiger partial charge in [0.05, 0.1) is 11.5 Å². The second-order valence-corrected chi connectivity index (χ2v) is 11.2. The standard InChI is InChI=1S/C29H42N4O4/c1-20(2)25(30)27(35)33-15-11-23-22(19-33)10-6-7-12-29(13-16-37-17-14-29)28(36)32-24(26(34)31-23)18-21-8-4-3-5-9-21/h3-9,20,22-25H,10-19,30H2,1-2H3,(H,31,34)(H,32,36)/b7-6+/t22-,23-,24-,25+/m0/s1. The van der Waals surface area contributed by atoms with Crippen molar-refractivity contribution in [2.75, 3.05) is 26.3 Å². The smallest absolute Gasteiger partial charge is 0.243 e. The first-order valence-corrected chi connectivity index (χ1v) is 13.7. The van der Waals surface area contributed by atoms with Crippen molar-refractivity contribution in [3.05, 3.63) is 48.0 Å². The van der Waals surface area contributed by atoms with Crippen LogP contribution in [0.5, 0.6) is 0 Å². The molecule has 202 valence electrons. The van der Waals surface area contributed by atoms with Gasteiger partial charge in [0.25, 0.3) is 0 Å². The Bertz CT molecular complexity index is 973. The molecule has 37 heavy (non-hydrogen) atoms. The maximum absolute atomic E-state index is 13.7. The van der Waals surface area contributed by atoms with Crippen LogP contribution in [0.25, 0.3) is 0 Å². The zero-order chi connectivity index (χ0) is 26.4. The van der Waals surface area contributed by atoms with E-state index in [-0.39, 0.29) is 35.6 Å². The van der Waals surface area contributed by atoms with E-state index in [4.69, 9.17) is 10.5 Å². The molecule has 4 atom stereocenters. The summed E-state index contributed by atoms with van der Waals surface area (Å²) in [5.41, 5.74) is 6.59. The summed E-state index contributed by atoms with van der Waals surface area (Å²) in [7, 11) is 0. The van der Waals surface area contributed by atoms with Crippen LogP contribution in [0.4, 0.5) is 0 Å². The molecule has 1 aromatic rings. The molecule has 0 aromatic heterocycles. The van der Waals surface area contributed by atoms with Crippen molar-refractivity contribution in [1.82, 2.24) is 15.5 Å². The minimum atomic E-state index is -0.673. The van der Waals surface area contributed by atoms with Crippen molar-refractivity contribution >= 4 is 17.7 Å². The Balaban J connectivity index is 1.58. The van der Waals surface area contributed by atoms with Crippen molar-refractivity contribution in [2.45, 2.75) is 70.5 Å². The Morgan fingerprint density at radius 2 is 1.86 bits per heavy atom. The number of carbonyl (C=O) groups excluding carboxylic acids is 3. The van der Waals surface area contributed by atoms with Gasteiger partial charge in [0.2, 0.25) is 17.7 Å². The number of amides is 3. The lowest BCUT2D eigenvalue weighted by molar-refractivity contribution is -0.140. The van der Waals surface area contributed by atoms with E-state index in [9.17, 15) is 14.4 Å². The highest BCUT2D eigenvalue weighted by atomic mass is 16.5. The van der Waals surface area contributed by atoms with Crippen LogP contribution in [0.2, 0.25) is 0 Å². The van der Waals surface area contributed by atoms with Crippen LogP contribution in [-0.4, -0.2) is 67.1 Å². The van der Waals surface area contributed by atoms with Crippen LogP contribution in [0, 0.1) is 17.3 Å². The summed E-state index contributed by atoms with van der Waals surface area (Å²) in [6, 6.07) is 8.51. The molecule has 3 aliphatic heterocycles. The van der Waals surface area contributed by atoms with E-state index in [1.165, 1.54) is 0 Å². The molecular weight excluding hydrogens is 468 g/mol. The Labute approximate surface area is 220 Å². The molecule has 0 bridgehead atoms. The number of piperidine rings is 1. The maximum Gasteiger partial charge on any atom is 0.243 e. The second kappa shape index (κ2) is 12.2. The van der Waals surface area contributed by atoms with Crippen LogP contribution in [0.15, 0.2) is 42.5 Å². The number of carbonyl (C=O) groups is 3. The third-order valence-corrected chi connectivity index (χ3v) is 8.33. The molecule has 8 heteroatoms. The van der Waals surface area contributed by atoms with Gasteiger partial charge < -0.3 is 26.0 Å². The third-order valence-electron chi connectivity index (χ3n) is 8.33. The van der Waals surface area contributed by atoms with Gasteiger partial charge in [-0.3, -0.25) is 14.4 Å². The topological polar surface area (TPSA) is 114 Å². The summed E-state index contributed by atoms with van der Waals surface area (Å²) < 4.78 is 5.57. The highest BCUT2D eigenvalue weighted by Crippen LogP contribution is 2.36. The molecule has 0 saturated carbocycles. The van der Waals surface area contributed by atoms with E-state index in [0.29, 0.717) is 58.4 Å². The number of allylic oxidation sites excluding steroid dienone is 2. The molecule has 0 aliphatic carbocycles. The average Bonchev–Trinajstić information content (AvgIpc) is 2.91. The van der Waals surface area contributed by atoms with E-state index in [2.05, 4.69) is 22.8 Å². The number of nitrogens with zero attached hydrogens (tertiary/aromatic N) is 1. The fourth-order valence-electron chi connectivity index (χ4n) is 5.68. The fraction of sp³-hybridized carbons (Fsp3) is 0.621. The van der Waals surface area contributed by atoms with Crippen molar-refractivity contribution in [1.29, 1.82) is 0 Å². The van der Waals surface area contributed by atoms with Crippen LogP contribution >= 0.6 is 0 Å². The third kappa shape index (κ3) is 6.60. The van der Waals surface area contributed by atoms with Gasteiger partial charge in [0.15, 0.2) is 0 Å². The molecule has 3 amide bonds. The number of likely N-dealkylation sites (tertiary alicyclic amines) is 1. The predicted octanol–water partition coefficient (Wildman–Crippen LogP) is 2.18. The van der Waals surface area contributed by atoms with Gasteiger partial charge in [0, 0.05) is 44.7 Å². The van der Waals surface area contributed by atoms with Gasteiger partial charge in [0.1, 0.15) is 6.04 Å². The first-order chi connectivity index (χ1) is 17.8. The van der Waals surface area contributed by atoms with Crippen LogP contribution in [0.1, 0.15) is 51.5 Å². The van der Waals surface area contributed by atoms with Crippen molar-refractivity contribution in [2.24, 2.45) is 23.0 Å². The summed E-state index contributed by atoms with van der Waals surface area (Å²) in [6.45, 7) is 6.11. The normalized spacial score (nSPS) is 28.3. The Hall–Kier alpha value is -2.71. The molecule has 4 N–H and O–H groups in total. The molecular formula is C29H42N4O4. The predicted molar refractivity (Wildman–Crippen MR) is 142 cm³/mol. The van der Waals surface area contributed by atoms with E-state index in [1.54, 1.807) is 0 Å². The van der Waals surface area contributed by atoms with Crippen LogP contribution in [-0.2, 0) is 25.5 Å². The molecule has 0 unspecified atom stereocenters. The van der Waals surface area contributed by atoms with Gasteiger partial charge >= 0.3 is 0 Å². The Morgan fingerprint density at radius 3 is 2.57 bits per heavy atom. The molecule has 4 rings (SSSR count). The first-order valence-electron chi connectivity index (χ1n) is 13.7. The Morgan fingerprint density at radius 1 is 1.14 bits per heavy atom. The monoisotopic (exact) mass is 510 g/mol. The summed E-state index contributed by atoms with van der Waals surface area (Å²) in [5, 5.41) is 6.37. The lowest BCUT2D eigenvalue weighted by Gasteiger charge is -2.41. The molecule has 3 heterocycles. The number of hydrogen-bond donors (Lipinski definition) is 3. The molecule has 1 aromatic carbocycles. The van der Waals surface area contributed by atoms with E-state index < -0.39 is 17.5 Å². The quantitative estimate of drug-likeness (QED) is 0.538. The van der Waals surface area contributed by atoms with Gasteiger partial charge in [-0.25, -0.2) is 0 Å². The summed E-state index contributed by atoms with van der Waals surface area (Å²) in [6.07, 6.45) is 7.91. The molecule has 3 aliphatic rings. The maximum atomic E-state index is 13.7. The van der Waals surface area contributed by atoms with Crippen molar-refractivity contribution < 1.29 is 19.1 Å². The molecule has 0 radical (unpaired) electrons.